The molecule has 0 fully saturated rings. The summed E-state index contributed by atoms with van der Waals surface area (Å²) in [5.41, 5.74) is 5.40. The predicted octanol–water partition coefficient (Wildman–Crippen LogP) is 4.70. The Kier molecular flexibility index (Phi) is 3.39. The van der Waals surface area contributed by atoms with Crippen molar-refractivity contribution in [3.8, 4) is 0 Å². The van der Waals surface area contributed by atoms with Crippen LogP contribution in [0.2, 0.25) is 0 Å². The van der Waals surface area contributed by atoms with Gasteiger partial charge in [-0.3, -0.25) is 9.97 Å². The second-order valence-electron chi connectivity index (χ2n) is 5.67. The van der Waals surface area contributed by atoms with E-state index in [0.717, 1.165) is 34.3 Å². The number of para-hydroxylation sites is 2. The number of fused-ring (bicyclic) bond motifs is 2. The van der Waals surface area contributed by atoms with E-state index >= 15 is 0 Å². The van der Waals surface area contributed by atoms with Gasteiger partial charge < -0.3 is 5.32 Å². The van der Waals surface area contributed by atoms with Crippen LogP contribution in [-0.2, 0) is 6.54 Å². The Morgan fingerprint density at radius 3 is 2.78 bits per heavy atom. The smallest absolute Gasteiger partial charge is 0.0751 e. The summed E-state index contributed by atoms with van der Waals surface area (Å²) in [7, 11) is 0. The average molecular weight is 299 g/mol. The number of nitrogens with one attached hydrogen (secondary N) is 1. The number of hydrogen-bond donors (Lipinski definition) is 1. The predicted molar refractivity (Wildman–Crippen MR) is 95.5 cm³/mol. The summed E-state index contributed by atoms with van der Waals surface area (Å²) >= 11 is 0. The highest BCUT2D eigenvalue weighted by Gasteiger charge is 2.05. The summed E-state index contributed by atoms with van der Waals surface area (Å²) in [5, 5.41) is 5.87. The van der Waals surface area contributed by atoms with Gasteiger partial charge >= 0.3 is 0 Å². The molecule has 0 amide bonds. The van der Waals surface area contributed by atoms with Gasteiger partial charge in [-0.15, -0.1) is 0 Å². The van der Waals surface area contributed by atoms with E-state index < -0.39 is 0 Å². The molecular formula is C20H17N3. The van der Waals surface area contributed by atoms with E-state index in [4.69, 9.17) is 0 Å². The lowest BCUT2D eigenvalue weighted by molar-refractivity contribution is 1.15. The van der Waals surface area contributed by atoms with Crippen LogP contribution in [0.3, 0.4) is 0 Å². The van der Waals surface area contributed by atoms with E-state index in [-0.39, 0.29) is 0 Å². The van der Waals surface area contributed by atoms with Crippen molar-refractivity contribution in [3.05, 3.63) is 78.1 Å². The van der Waals surface area contributed by atoms with E-state index in [2.05, 4.69) is 51.7 Å². The monoisotopic (exact) mass is 299 g/mol. The molecule has 0 radical (unpaired) electrons. The van der Waals surface area contributed by atoms with Gasteiger partial charge in [0.15, 0.2) is 0 Å². The average Bonchev–Trinajstić information content (AvgIpc) is 2.59. The molecule has 2 heterocycles. The molecule has 112 valence electrons. The first-order valence-corrected chi connectivity index (χ1v) is 7.74. The number of benzene rings is 2. The minimum absolute atomic E-state index is 0.738. The molecule has 3 nitrogen and oxygen atoms in total. The fourth-order valence-corrected chi connectivity index (χ4v) is 2.95. The number of nitrogens with zero attached hydrogens (tertiary/aromatic N) is 2. The van der Waals surface area contributed by atoms with Crippen LogP contribution < -0.4 is 5.32 Å². The first-order chi connectivity index (χ1) is 11.3. The number of rotatable bonds is 3. The van der Waals surface area contributed by atoms with Gasteiger partial charge in [0.05, 0.1) is 11.0 Å². The first kappa shape index (κ1) is 13.7. The molecule has 1 N–H and O–H groups in total. The summed E-state index contributed by atoms with van der Waals surface area (Å²) < 4.78 is 0. The fraction of sp³-hybridized carbons (Fsp3) is 0.100. The van der Waals surface area contributed by atoms with Crippen LogP contribution in [0.15, 0.2) is 66.9 Å². The van der Waals surface area contributed by atoms with Crippen molar-refractivity contribution < 1.29 is 0 Å². The molecular weight excluding hydrogens is 282 g/mol. The number of aromatic nitrogens is 2. The maximum absolute atomic E-state index is 4.59. The van der Waals surface area contributed by atoms with Crippen molar-refractivity contribution in [3.63, 3.8) is 0 Å². The largest absolute Gasteiger partial charge is 0.380 e. The van der Waals surface area contributed by atoms with Gasteiger partial charge in [-0.1, -0.05) is 42.5 Å². The Labute approximate surface area is 135 Å². The van der Waals surface area contributed by atoms with Crippen molar-refractivity contribution in [2.45, 2.75) is 13.5 Å². The molecule has 0 aliphatic carbocycles. The molecule has 0 aliphatic heterocycles. The van der Waals surface area contributed by atoms with E-state index in [9.17, 15) is 0 Å². The standard InChI is InChI=1S/C20H17N3/c1-14-12-19(17-9-2-3-10-18(17)23-14)22-13-16-7-4-6-15-8-5-11-21-20(15)16/h2-12H,13H2,1H3,(H,22,23). The summed E-state index contributed by atoms with van der Waals surface area (Å²) in [4.78, 5) is 9.11. The third kappa shape index (κ3) is 2.61. The van der Waals surface area contributed by atoms with Crippen LogP contribution in [0.4, 0.5) is 5.69 Å². The molecule has 4 rings (SSSR count). The highest BCUT2D eigenvalue weighted by Crippen LogP contribution is 2.24. The summed E-state index contributed by atoms with van der Waals surface area (Å²) in [6.07, 6.45) is 1.85. The number of pyridine rings is 2. The quantitative estimate of drug-likeness (QED) is 0.595. The first-order valence-electron chi connectivity index (χ1n) is 7.74. The number of aryl methyl sites for hydroxylation is 1. The zero-order valence-electron chi connectivity index (χ0n) is 13.0. The molecule has 0 saturated heterocycles. The van der Waals surface area contributed by atoms with Gasteiger partial charge in [0.2, 0.25) is 0 Å². The molecule has 3 heteroatoms. The summed E-state index contributed by atoms with van der Waals surface area (Å²) in [5.74, 6) is 0. The summed E-state index contributed by atoms with van der Waals surface area (Å²) in [6, 6.07) is 20.7. The highest BCUT2D eigenvalue weighted by molar-refractivity contribution is 5.91. The van der Waals surface area contributed by atoms with Crippen molar-refractivity contribution in [2.75, 3.05) is 5.32 Å². The Hall–Kier alpha value is -2.94. The molecule has 0 bridgehead atoms. The maximum Gasteiger partial charge on any atom is 0.0751 e. The molecule has 0 unspecified atom stereocenters. The van der Waals surface area contributed by atoms with Gasteiger partial charge in [-0.2, -0.15) is 0 Å². The van der Waals surface area contributed by atoms with Crippen LogP contribution in [0.1, 0.15) is 11.3 Å². The molecule has 0 spiro atoms. The van der Waals surface area contributed by atoms with Gasteiger partial charge in [-0.05, 0) is 30.7 Å². The van der Waals surface area contributed by atoms with Crippen LogP contribution in [-0.4, -0.2) is 9.97 Å². The minimum Gasteiger partial charge on any atom is -0.380 e. The van der Waals surface area contributed by atoms with Crippen LogP contribution >= 0.6 is 0 Å². The second-order valence-corrected chi connectivity index (χ2v) is 5.67. The van der Waals surface area contributed by atoms with Crippen molar-refractivity contribution in [1.29, 1.82) is 0 Å². The van der Waals surface area contributed by atoms with Crippen molar-refractivity contribution in [1.82, 2.24) is 9.97 Å². The lowest BCUT2D eigenvalue weighted by Crippen LogP contribution is -2.02. The van der Waals surface area contributed by atoms with E-state index in [1.807, 2.05) is 37.4 Å². The van der Waals surface area contributed by atoms with Crippen molar-refractivity contribution in [2.24, 2.45) is 0 Å². The van der Waals surface area contributed by atoms with E-state index in [0.29, 0.717) is 0 Å². The SMILES string of the molecule is Cc1cc(NCc2cccc3cccnc23)c2ccccc2n1. The lowest BCUT2D eigenvalue weighted by atomic mass is 10.1. The van der Waals surface area contributed by atoms with Gasteiger partial charge in [0.1, 0.15) is 0 Å². The van der Waals surface area contributed by atoms with E-state index in [1.165, 1.54) is 10.9 Å². The molecule has 0 atom stereocenters. The van der Waals surface area contributed by atoms with Gasteiger partial charge in [0, 0.05) is 34.9 Å². The topological polar surface area (TPSA) is 37.8 Å². The normalized spacial score (nSPS) is 11.0. The Bertz CT molecular complexity index is 987. The lowest BCUT2D eigenvalue weighted by Gasteiger charge is -2.12. The second kappa shape index (κ2) is 5.69. The Morgan fingerprint density at radius 2 is 1.83 bits per heavy atom. The zero-order valence-corrected chi connectivity index (χ0v) is 13.0. The maximum atomic E-state index is 4.59. The highest BCUT2D eigenvalue weighted by atomic mass is 14.9. The molecule has 2 aromatic carbocycles. The molecule has 23 heavy (non-hydrogen) atoms. The molecule has 2 aromatic heterocycles. The Morgan fingerprint density at radius 1 is 0.957 bits per heavy atom. The zero-order chi connectivity index (χ0) is 15.6. The number of hydrogen-bond acceptors (Lipinski definition) is 3. The minimum atomic E-state index is 0.738. The molecule has 0 aliphatic rings. The molecule has 4 aromatic rings. The van der Waals surface area contributed by atoms with Crippen molar-refractivity contribution >= 4 is 27.5 Å². The Balaban J connectivity index is 1.71. The van der Waals surface area contributed by atoms with E-state index in [1.54, 1.807) is 0 Å². The third-order valence-electron chi connectivity index (χ3n) is 4.03. The fourth-order valence-electron chi connectivity index (χ4n) is 2.95. The summed E-state index contributed by atoms with van der Waals surface area (Å²) in [6.45, 7) is 2.76. The van der Waals surface area contributed by atoms with Crippen LogP contribution in [0.25, 0.3) is 21.8 Å². The third-order valence-corrected chi connectivity index (χ3v) is 4.03. The van der Waals surface area contributed by atoms with Crippen LogP contribution in [0.5, 0.6) is 0 Å². The van der Waals surface area contributed by atoms with Gasteiger partial charge in [0.25, 0.3) is 0 Å². The number of anilines is 1. The van der Waals surface area contributed by atoms with Gasteiger partial charge in [-0.25, -0.2) is 0 Å². The van der Waals surface area contributed by atoms with Crippen LogP contribution in [0, 0.1) is 6.92 Å². The molecule has 0 saturated carbocycles.